The van der Waals surface area contributed by atoms with Crippen LogP contribution in [0.1, 0.15) is 36.7 Å². The minimum Gasteiger partial charge on any atom is -0.477 e. The van der Waals surface area contributed by atoms with Gasteiger partial charge < -0.3 is 9.67 Å². The number of aryl methyl sites for hydroxylation is 1. The molecule has 0 aromatic carbocycles. The fraction of sp³-hybridized carbons (Fsp3) is 0.455. The monoisotopic (exact) mass is 209 g/mol. The molecule has 0 aliphatic carbocycles. The number of carboxylic acids is 1. The van der Waals surface area contributed by atoms with Gasteiger partial charge in [-0.1, -0.05) is 20.8 Å². The van der Waals surface area contributed by atoms with Gasteiger partial charge in [-0.3, -0.25) is 4.79 Å². The van der Waals surface area contributed by atoms with Gasteiger partial charge >= 0.3 is 5.97 Å². The number of pyridine rings is 1. The van der Waals surface area contributed by atoms with Crippen LogP contribution in [-0.4, -0.2) is 15.6 Å². The number of hydrogen-bond donors (Lipinski definition) is 1. The summed E-state index contributed by atoms with van der Waals surface area (Å²) in [5.74, 6) is -1.17. The molecule has 0 fully saturated rings. The molecule has 0 aliphatic rings. The molecule has 1 aromatic heterocycles. The van der Waals surface area contributed by atoms with Crippen LogP contribution in [0.25, 0.3) is 0 Å². The number of aromatic carboxylic acids is 1. The molecule has 1 heterocycles. The maximum Gasteiger partial charge on any atom is 0.341 e. The molecule has 0 radical (unpaired) electrons. The molecule has 0 unspecified atom stereocenters. The molecule has 0 saturated carbocycles. The summed E-state index contributed by atoms with van der Waals surface area (Å²) in [6.45, 7) is 5.65. The first-order valence-electron chi connectivity index (χ1n) is 4.68. The average Bonchev–Trinajstić information content (AvgIpc) is 2.06. The summed E-state index contributed by atoms with van der Waals surface area (Å²) in [5.41, 5.74) is -0.373. The van der Waals surface area contributed by atoms with Crippen molar-refractivity contribution in [3.63, 3.8) is 0 Å². The maximum atomic E-state index is 11.7. The Morgan fingerprint density at radius 3 is 2.33 bits per heavy atom. The molecule has 4 nitrogen and oxygen atoms in total. The van der Waals surface area contributed by atoms with Gasteiger partial charge in [0.15, 0.2) is 0 Å². The van der Waals surface area contributed by atoms with Crippen LogP contribution in [0.5, 0.6) is 0 Å². The molecule has 15 heavy (non-hydrogen) atoms. The Morgan fingerprint density at radius 2 is 1.93 bits per heavy atom. The molecule has 0 spiro atoms. The van der Waals surface area contributed by atoms with Crippen LogP contribution in [-0.2, 0) is 12.5 Å². The zero-order valence-corrected chi connectivity index (χ0v) is 9.37. The Kier molecular flexibility index (Phi) is 2.71. The summed E-state index contributed by atoms with van der Waals surface area (Å²) in [4.78, 5) is 22.7. The lowest BCUT2D eigenvalue weighted by molar-refractivity contribution is 0.0691. The lowest BCUT2D eigenvalue weighted by Gasteiger charge is -2.21. The van der Waals surface area contributed by atoms with Crippen molar-refractivity contribution < 1.29 is 9.90 Å². The molecule has 0 saturated heterocycles. The van der Waals surface area contributed by atoms with E-state index in [1.54, 1.807) is 19.3 Å². The van der Waals surface area contributed by atoms with E-state index in [1.807, 2.05) is 20.8 Å². The second-order valence-corrected chi connectivity index (χ2v) is 4.58. The highest BCUT2D eigenvalue weighted by Gasteiger charge is 2.24. The number of nitrogens with zero attached hydrogens (tertiary/aromatic N) is 1. The molecular weight excluding hydrogens is 194 g/mol. The van der Waals surface area contributed by atoms with Crippen molar-refractivity contribution in [2.75, 3.05) is 0 Å². The summed E-state index contributed by atoms with van der Waals surface area (Å²) in [6.07, 6.45) is 1.59. The highest BCUT2D eigenvalue weighted by Crippen LogP contribution is 2.23. The van der Waals surface area contributed by atoms with Gasteiger partial charge in [-0.05, 0) is 17.0 Å². The first-order chi connectivity index (χ1) is 6.75. The van der Waals surface area contributed by atoms with Gasteiger partial charge in [0.1, 0.15) is 5.56 Å². The third-order valence-corrected chi connectivity index (χ3v) is 2.29. The molecule has 0 aliphatic heterocycles. The van der Waals surface area contributed by atoms with E-state index in [2.05, 4.69) is 0 Å². The average molecular weight is 209 g/mol. The minimum absolute atomic E-state index is 0.132. The number of hydrogen-bond acceptors (Lipinski definition) is 2. The van der Waals surface area contributed by atoms with E-state index in [-0.39, 0.29) is 11.0 Å². The van der Waals surface area contributed by atoms with Gasteiger partial charge in [0.2, 0.25) is 0 Å². The molecule has 0 amide bonds. The Balaban J connectivity index is 3.63. The van der Waals surface area contributed by atoms with E-state index in [1.165, 1.54) is 4.57 Å². The van der Waals surface area contributed by atoms with Crippen molar-refractivity contribution in [2.24, 2.45) is 7.05 Å². The van der Waals surface area contributed by atoms with E-state index >= 15 is 0 Å². The Labute approximate surface area is 88.2 Å². The van der Waals surface area contributed by atoms with Crippen molar-refractivity contribution in [2.45, 2.75) is 26.2 Å². The lowest BCUT2D eigenvalue weighted by Crippen LogP contribution is -2.29. The standard InChI is InChI=1S/C11H15NO3/c1-11(2,3)7-5-6-12(4)9(13)8(7)10(14)15/h5-6H,1-4H3,(H,14,15). The van der Waals surface area contributed by atoms with Gasteiger partial charge in [0.25, 0.3) is 5.56 Å². The molecule has 4 heteroatoms. The first-order valence-corrected chi connectivity index (χ1v) is 4.68. The Bertz CT molecular complexity index is 452. The summed E-state index contributed by atoms with van der Waals surface area (Å²) in [7, 11) is 1.54. The molecular formula is C11H15NO3. The number of aromatic nitrogens is 1. The van der Waals surface area contributed by atoms with Crippen LogP contribution in [0.2, 0.25) is 0 Å². The summed E-state index contributed by atoms with van der Waals surface area (Å²) < 4.78 is 1.28. The van der Waals surface area contributed by atoms with Crippen LogP contribution in [0, 0.1) is 0 Å². The zero-order chi connectivity index (χ0) is 11.8. The largest absolute Gasteiger partial charge is 0.477 e. The smallest absolute Gasteiger partial charge is 0.341 e. The van der Waals surface area contributed by atoms with Gasteiger partial charge in [-0.15, -0.1) is 0 Å². The van der Waals surface area contributed by atoms with E-state index in [9.17, 15) is 9.59 Å². The maximum absolute atomic E-state index is 11.7. The SMILES string of the molecule is Cn1ccc(C(C)(C)C)c(C(=O)O)c1=O. The Hall–Kier alpha value is -1.58. The predicted molar refractivity (Wildman–Crippen MR) is 57.3 cm³/mol. The van der Waals surface area contributed by atoms with Crippen molar-refractivity contribution in [1.29, 1.82) is 0 Å². The second kappa shape index (κ2) is 3.53. The highest BCUT2D eigenvalue weighted by molar-refractivity contribution is 5.89. The lowest BCUT2D eigenvalue weighted by atomic mass is 9.84. The number of rotatable bonds is 1. The van der Waals surface area contributed by atoms with Crippen molar-refractivity contribution in [3.05, 3.63) is 33.7 Å². The second-order valence-electron chi connectivity index (χ2n) is 4.58. The van der Waals surface area contributed by atoms with Gasteiger partial charge in [-0.25, -0.2) is 4.79 Å². The molecule has 1 aromatic rings. The molecule has 0 bridgehead atoms. The topological polar surface area (TPSA) is 59.3 Å². The fourth-order valence-electron chi connectivity index (χ4n) is 1.46. The van der Waals surface area contributed by atoms with Crippen LogP contribution >= 0.6 is 0 Å². The van der Waals surface area contributed by atoms with E-state index < -0.39 is 11.5 Å². The van der Waals surface area contributed by atoms with Gasteiger partial charge in [0.05, 0.1) is 0 Å². The first kappa shape index (κ1) is 11.5. The normalized spacial score (nSPS) is 11.5. The molecule has 1 rings (SSSR count). The quantitative estimate of drug-likeness (QED) is 0.760. The van der Waals surface area contributed by atoms with Crippen molar-refractivity contribution in [1.82, 2.24) is 4.57 Å². The van der Waals surface area contributed by atoms with Crippen LogP contribution in [0.15, 0.2) is 17.1 Å². The highest BCUT2D eigenvalue weighted by atomic mass is 16.4. The third kappa shape index (κ3) is 2.09. The Morgan fingerprint density at radius 1 is 1.40 bits per heavy atom. The zero-order valence-electron chi connectivity index (χ0n) is 9.37. The predicted octanol–water partition coefficient (Wildman–Crippen LogP) is 1.38. The van der Waals surface area contributed by atoms with E-state index in [4.69, 9.17) is 5.11 Å². The van der Waals surface area contributed by atoms with Gasteiger partial charge in [-0.2, -0.15) is 0 Å². The molecule has 82 valence electrons. The fourth-order valence-corrected chi connectivity index (χ4v) is 1.46. The summed E-state index contributed by atoms with van der Waals surface area (Å²) in [6, 6.07) is 1.69. The molecule has 0 atom stereocenters. The minimum atomic E-state index is -1.17. The number of carboxylic acid groups (broad SMARTS) is 1. The van der Waals surface area contributed by atoms with Crippen molar-refractivity contribution in [3.8, 4) is 0 Å². The number of carbonyl (C=O) groups is 1. The van der Waals surface area contributed by atoms with Gasteiger partial charge in [0, 0.05) is 13.2 Å². The summed E-state index contributed by atoms with van der Waals surface area (Å²) in [5, 5.41) is 9.02. The van der Waals surface area contributed by atoms with Crippen LogP contribution in [0.4, 0.5) is 0 Å². The van der Waals surface area contributed by atoms with E-state index in [0.29, 0.717) is 5.56 Å². The summed E-state index contributed by atoms with van der Waals surface area (Å²) >= 11 is 0. The van der Waals surface area contributed by atoms with Crippen molar-refractivity contribution >= 4 is 5.97 Å². The molecule has 1 N–H and O–H groups in total. The van der Waals surface area contributed by atoms with Crippen LogP contribution in [0.3, 0.4) is 0 Å². The van der Waals surface area contributed by atoms with E-state index in [0.717, 1.165) is 0 Å². The van der Waals surface area contributed by atoms with Crippen LogP contribution < -0.4 is 5.56 Å². The third-order valence-electron chi connectivity index (χ3n) is 2.29.